The van der Waals surface area contributed by atoms with Crippen molar-refractivity contribution in [2.75, 3.05) is 26.4 Å². The second kappa shape index (κ2) is 5.94. The highest BCUT2D eigenvalue weighted by atomic mass is 16.7. The van der Waals surface area contributed by atoms with E-state index in [9.17, 15) is 5.11 Å². The smallest absolute Gasteiger partial charge is 0.174 e. The molecule has 1 N–H and O–H groups in total. The molecule has 4 aliphatic carbocycles. The lowest BCUT2D eigenvalue weighted by molar-refractivity contribution is -0.317. The van der Waals surface area contributed by atoms with E-state index in [-0.39, 0.29) is 17.3 Å². The van der Waals surface area contributed by atoms with Crippen LogP contribution in [0.15, 0.2) is 0 Å². The maximum atomic E-state index is 10.4. The molecule has 0 amide bonds. The summed E-state index contributed by atoms with van der Waals surface area (Å²) >= 11 is 0. The molecule has 28 heavy (non-hydrogen) atoms. The summed E-state index contributed by atoms with van der Waals surface area (Å²) in [5.41, 5.74) is 0.337. The van der Waals surface area contributed by atoms with Gasteiger partial charge in [-0.1, -0.05) is 13.8 Å². The minimum absolute atomic E-state index is 0.0460. The molecule has 5 nitrogen and oxygen atoms in total. The second-order valence-corrected chi connectivity index (χ2v) is 11.0. The highest BCUT2D eigenvalue weighted by Crippen LogP contribution is 2.72. The Bertz CT molecular complexity index is 639. The Balaban J connectivity index is 1.43. The Hall–Kier alpha value is -0.200. The highest BCUT2D eigenvalue weighted by Gasteiger charge is 2.72. The lowest BCUT2D eigenvalue weighted by atomic mass is 9.43. The van der Waals surface area contributed by atoms with E-state index in [1.54, 1.807) is 0 Å². The van der Waals surface area contributed by atoms with Gasteiger partial charge in [-0.15, -0.1) is 0 Å². The third-order valence-corrected chi connectivity index (χ3v) is 10.2. The summed E-state index contributed by atoms with van der Waals surface area (Å²) in [6, 6.07) is 0. The van der Waals surface area contributed by atoms with Gasteiger partial charge in [-0.25, -0.2) is 0 Å². The number of aliphatic hydroxyl groups excluding tert-OH is 1. The summed E-state index contributed by atoms with van der Waals surface area (Å²) in [7, 11) is 0. The van der Waals surface area contributed by atoms with Gasteiger partial charge in [0.25, 0.3) is 0 Å². The third-order valence-electron chi connectivity index (χ3n) is 10.2. The quantitative estimate of drug-likeness (QED) is 0.684. The zero-order chi connectivity index (χ0) is 19.2. The van der Waals surface area contributed by atoms with Gasteiger partial charge in [-0.3, -0.25) is 0 Å². The number of rotatable bonds is 0. The molecule has 2 spiro atoms. The van der Waals surface area contributed by atoms with Crippen molar-refractivity contribution in [2.45, 2.75) is 82.9 Å². The topological polar surface area (TPSA) is 57.2 Å². The van der Waals surface area contributed by atoms with E-state index in [0.717, 1.165) is 51.7 Å². The van der Waals surface area contributed by atoms with E-state index in [1.807, 2.05) is 0 Å². The van der Waals surface area contributed by atoms with Gasteiger partial charge in [0, 0.05) is 24.2 Å². The summed E-state index contributed by atoms with van der Waals surface area (Å²) in [4.78, 5) is 0. The fraction of sp³-hybridized carbons (Fsp3) is 1.00. The van der Waals surface area contributed by atoms with E-state index < -0.39 is 5.79 Å². The maximum Gasteiger partial charge on any atom is 0.174 e. The van der Waals surface area contributed by atoms with Gasteiger partial charge in [-0.05, 0) is 61.7 Å². The fourth-order valence-electron chi connectivity index (χ4n) is 8.84. The number of ether oxygens (including phenoxy) is 4. The van der Waals surface area contributed by atoms with Gasteiger partial charge in [0.15, 0.2) is 11.6 Å². The number of fused-ring (bicyclic) bond motifs is 7. The Morgan fingerprint density at radius 1 is 0.786 bits per heavy atom. The molecule has 6 fully saturated rings. The molecular weight excluding hydrogens is 356 g/mol. The van der Waals surface area contributed by atoms with E-state index in [4.69, 9.17) is 18.9 Å². The van der Waals surface area contributed by atoms with Crippen LogP contribution in [0.2, 0.25) is 0 Å². The molecule has 0 bridgehead atoms. The average molecular weight is 393 g/mol. The molecule has 6 rings (SSSR count). The molecule has 158 valence electrons. The van der Waals surface area contributed by atoms with Gasteiger partial charge in [0.05, 0.1) is 32.5 Å². The summed E-state index contributed by atoms with van der Waals surface area (Å²) in [5, 5.41) is 10.4. The number of hydrogen-bond acceptors (Lipinski definition) is 5. The van der Waals surface area contributed by atoms with E-state index >= 15 is 0 Å². The van der Waals surface area contributed by atoms with Crippen molar-refractivity contribution in [2.24, 2.45) is 34.5 Å². The van der Waals surface area contributed by atoms with Crippen molar-refractivity contribution < 1.29 is 24.1 Å². The monoisotopic (exact) mass is 392 g/mol. The Kier molecular flexibility index (Phi) is 3.94. The molecule has 0 aromatic carbocycles. The molecule has 0 aromatic rings. The fourth-order valence-corrected chi connectivity index (χ4v) is 8.84. The first-order valence-electron chi connectivity index (χ1n) is 11.7. The molecule has 0 radical (unpaired) electrons. The molecule has 5 heteroatoms. The van der Waals surface area contributed by atoms with Gasteiger partial charge >= 0.3 is 0 Å². The van der Waals surface area contributed by atoms with Crippen molar-refractivity contribution in [3.05, 3.63) is 0 Å². The third kappa shape index (κ3) is 2.16. The van der Waals surface area contributed by atoms with Crippen LogP contribution in [0.25, 0.3) is 0 Å². The predicted molar refractivity (Wildman–Crippen MR) is 102 cm³/mol. The predicted octanol–water partition coefficient (Wildman–Crippen LogP) is 3.49. The normalized spacial score (nSPS) is 53.9. The molecule has 2 saturated heterocycles. The van der Waals surface area contributed by atoms with E-state index in [0.29, 0.717) is 42.3 Å². The van der Waals surface area contributed by atoms with Gasteiger partial charge in [0.2, 0.25) is 0 Å². The first-order chi connectivity index (χ1) is 13.4. The van der Waals surface area contributed by atoms with Crippen LogP contribution < -0.4 is 0 Å². The van der Waals surface area contributed by atoms with Crippen LogP contribution in [0.1, 0.15) is 65.2 Å². The van der Waals surface area contributed by atoms with Crippen molar-refractivity contribution in [1.29, 1.82) is 0 Å². The highest BCUT2D eigenvalue weighted by molar-refractivity contribution is 5.16. The van der Waals surface area contributed by atoms with Crippen LogP contribution in [0.4, 0.5) is 0 Å². The largest absolute Gasteiger partial charge is 0.393 e. The molecule has 7 atom stereocenters. The van der Waals surface area contributed by atoms with Gasteiger partial charge in [-0.2, -0.15) is 0 Å². The zero-order valence-electron chi connectivity index (χ0n) is 17.5. The van der Waals surface area contributed by atoms with Crippen LogP contribution in [-0.4, -0.2) is 49.2 Å². The average Bonchev–Trinajstić information content (AvgIpc) is 3.39. The Labute approximate surface area is 168 Å². The van der Waals surface area contributed by atoms with Crippen LogP contribution in [0.5, 0.6) is 0 Å². The molecule has 2 aliphatic heterocycles. The Morgan fingerprint density at radius 3 is 2.21 bits per heavy atom. The molecule has 0 aromatic heterocycles. The van der Waals surface area contributed by atoms with Crippen LogP contribution >= 0.6 is 0 Å². The minimum atomic E-state index is -0.456. The lowest BCUT2D eigenvalue weighted by Crippen LogP contribution is -2.65. The van der Waals surface area contributed by atoms with Crippen molar-refractivity contribution in [3.63, 3.8) is 0 Å². The number of hydrogen-bond donors (Lipinski definition) is 1. The van der Waals surface area contributed by atoms with Crippen molar-refractivity contribution >= 4 is 0 Å². The minimum Gasteiger partial charge on any atom is -0.393 e. The molecular formula is C23H36O5. The van der Waals surface area contributed by atoms with Crippen molar-refractivity contribution in [1.82, 2.24) is 0 Å². The Morgan fingerprint density at radius 2 is 1.46 bits per heavy atom. The summed E-state index contributed by atoms with van der Waals surface area (Å²) in [5.74, 6) is 1.19. The first-order valence-corrected chi connectivity index (χ1v) is 11.7. The number of aliphatic hydroxyl groups is 1. The summed E-state index contributed by atoms with van der Waals surface area (Å²) in [6.07, 6.45) is 8.30. The van der Waals surface area contributed by atoms with Crippen LogP contribution in [0, 0.1) is 34.5 Å². The second-order valence-electron chi connectivity index (χ2n) is 11.0. The van der Waals surface area contributed by atoms with Crippen molar-refractivity contribution in [3.8, 4) is 0 Å². The lowest BCUT2D eigenvalue weighted by Gasteiger charge is -2.65. The molecule has 2 heterocycles. The standard InChI is InChI=1S/C23H36O5/c1-20-6-3-16(24)13-15(20)14-22(25-9-10-26-22)19-17(20)4-7-21(2)18(19)5-8-23(21)27-11-12-28-23/h15-19,24H,3-14H2,1-2H3/t15-,16+,17-,18-,19-,20+,21+/m1/s1. The zero-order valence-corrected chi connectivity index (χ0v) is 17.5. The SMILES string of the molecule is C[C@]12CC[C@H](O)C[C@@H]1CC1(OCCO1)[C@@H]1[C@H]2CC[C@@]2(C)[C@@H]1CCC21OCCO1. The van der Waals surface area contributed by atoms with Gasteiger partial charge in [0.1, 0.15) is 0 Å². The maximum absolute atomic E-state index is 10.4. The molecule has 6 aliphatic rings. The van der Waals surface area contributed by atoms with E-state index in [2.05, 4.69) is 13.8 Å². The van der Waals surface area contributed by atoms with Gasteiger partial charge < -0.3 is 24.1 Å². The summed E-state index contributed by atoms with van der Waals surface area (Å²) in [6.45, 7) is 7.80. The summed E-state index contributed by atoms with van der Waals surface area (Å²) < 4.78 is 25.6. The van der Waals surface area contributed by atoms with Crippen LogP contribution in [0.3, 0.4) is 0 Å². The first kappa shape index (κ1) is 18.6. The molecule has 0 unspecified atom stereocenters. The molecule has 4 saturated carbocycles. The van der Waals surface area contributed by atoms with Crippen LogP contribution in [-0.2, 0) is 18.9 Å². The van der Waals surface area contributed by atoms with E-state index in [1.165, 1.54) is 12.8 Å².